The van der Waals surface area contributed by atoms with E-state index < -0.39 is 0 Å². The molecule has 0 saturated carbocycles. The molecular weight excluding hydrogens is 282 g/mol. The fourth-order valence-electron chi connectivity index (χ4n) is 4.02. The molecule has 0 N–H and O–H groups in total. The Balaban J connectivity index is 1.74. The zero-order chi connectivity index (χ0) is 15.2. The molecule has 3 nitrogen and oxygen atoms in total. The van der Waals surface area contributed by atoms with E-state index in [2.05, 4.69) is 70.1 Å². The van der Waals surface area contributed by atoms with E-state index in [1.807, 2.05) is 0 Å². The van der Waals surface area contributed by atoms with Crippen molar-refractivity contribution < 1.29 is 0 Å². The van der Waals surface area contributed by atoms with Gasteiger partial charge in [0.2, 0.25) is 5.95 Å². The summed E-state index contributed by atoms with van der Waals surface area (Å²) in [5.74, 6) is 1.16. The van der Waals surface area contributed by atoms with Crippen molar-refractivity contribution >= 4 is 5.95 Å². The molecule has 3 heteroatoms. The van der Waals surface area contributed by atoms with Crippen LogP contribution in [0.5, 0.6) is 0 Å². The Hall–Kier alpha value is -2.55. The number of benzene rings is 2. The summed E-state index contributed by atoms with van der Waals surface area (Å²) < 4.78 is 2.43. The summed E-state index contributed by atoms with van der Waals surface area (Å²) in [7, 11) is 0. The molecule has 5 rings (SSSR count). The first-order chi connectivity index (χ1) is 11.4. The number of fused-ring (bicyclic) bond motifs is 3. The molecule has 23 heavy (non-hydrogen) atoms. The lowest BCUT2D eigenvalue weighted by atomic mass is 10.0. The minimum atomic E-state index is 0.643. The maximum absolute atomic E-state index is 5.07. The predicted molar refractivity (Wildman–Crippen MR) is 93.5 cm³/mol. The summed E-state index contributed by atoms with van der Waals surface area (Å²) in [6, 6.07) is 21.9. The molecule has 3 heterocycles. The standard InChI is InChI=1S/C20H19N3/c1-3-8-15(9-4-1)18-19(16-10-5-2-6-11-16)23-14-17-12-7-13-22(17)20(23)21-18/h1-6,8-11,17H,7,12-14H2/t17-/m0/s1. The van der Waals surface area contributed by atoms with Crippen molar-refractivity contribution in [2.45, 2.75) is 25.4 Å². The van der Waals surface area contributed by atoms with Gasteiger partial charge in [0, 0.05) is 30.3 Å². The molecule has 2 aromatic carbocycles. The van der Waals surface area contributed by atoms with Crippen molar-refractivity contribution in [3.63, 3.8) is 0 Å². The molecule has 114 valence electrons. The molecule has 1 fully saturated rings. The molecule has 0 aliphatic carbocycles. The Labute approximate surface area is 136 Å². The number of aromatic nitrogens is 2. The highest BCUT2D eigenvalue weighted by atomic mass is 15.4. The Morgan fingerprint density at radius 1 is 0.870 bits per heavy atom. The maximum atomic E-state index is 5.07. The van der Waals surface area contributed by atoms with Crippen LogP contribution in [0.4, 0.5) is 5.95 Å². The van der Waals surface area contributed by atoms with Gasteiger partial charge in [-0.3, -0.25) is 0 Å². The highest BCUT2D eigenvalue weighted by Gasteiger charge is 2.37. The molecule has 2 aliphatic rings. The zero-order valence-corrected chi connectivity index (χ0v) is 13.0. The Bertz CT molecular complexity index is 836. The van der Waals surface area contributed by atoms with Crippen molar-refractivity contribution in [1.82, 2.24) is 9.55 Å². The minimum absolute atomic E-state index is 0.643. The summed E-state index contributed by atoms with van der Waals surface area (Å²) in [5.41, 5.74) is 4.83. The minimum Gasteiger partial charge on any atom is -0.337 e. The van der Waals surface area contributed by atoms with Crippen LogP contribution in [0.15, 0.2) is 60.7 Å². The number of rotatable bonds is 2. The second kappa shape index (κ2) is 4.98. The Morgan fingerprint density at radius 3 is 2.30 bits per heavy atom. The molecule has 0 bridgehead atoms. The van der Waals surface area contributed by atoms with Crippen molar-refractivity contribution in [2.75, 3.05) is 11.4 Å². The SMILES string of the molecule is c1ccc(-c2nc3n(c2-c2ccccc2)C[C@@H]2CCCN32)cc1. The molecule has 0 radical (unpaired) electrons. The van der Waals surface area contributed by atoms with Crippen LogP contribution in [0.25, 0.3) is 22.5 Å². The van der Waals surface area contributed by atoms with Crippen LogP contribution in [0.1, 0.15) is 12.8 Å². The number of nitrogens with zero attached hydrogens (tertiary/aromatic N) is 3. The quantitative estimate of drug-likeness (QED) is 0.707. The zero-order valence-electron chi connectivity index (χ0n) is 13.0. The van der Waals surface area contributed by atoms with Crippen LogP contribution >= 0.6 is 0 Å². The van der Waals surface area contributed by atoms with Crippen LogP contribution in [-0.2, 0) is 6.54 Å². The molecular formula is C20H19N3. The third-order valence-corrected chi connectivity index (χ3v) is 5.07. The highest BCUT2D eigenvalue weighted by Crippen LogP contribution is 2.41. The maximum Gasteiger partial charge on any atom is 0.206 e. The summed E-state index contributed by atoms with van der Waals surface area (Å²) in [6.07, 6.45) is 2.58. The Morgan fingerprint density at radius 2 is 1.57 bits per heavy atom. The monoisotopic (exact) mass is 301 g/mol. The molecule has 0 spiro atoms. The van der Waals surface area contributed by atoms with Crippen LogP contribution < -0.4 is 4.90 Å². The molecule has 1 atom stereocenters. The summed E-state index contributed by atoms with van der Waals surface area (Å²) >= 11 is 0. The van der Waals surface area contributed by atoms with Gasteiger partial charge in [-0.05, 0) is 12.8 Å². The van der Waals surface area contributed by atoms with E-state index in [-0.39, 0.29) is 0 Å². The van der Waals surface area contributed by atoms with Gasteiger partial charge in [0.05, 0.1) is 11.4 Å². The highest BCUT2D eigenvalue weighted by molar-refractivity contribution is 5.81. The molecule has 3 aromatic rings. The number of hydrogen-bond acceptors (Lipinski definition) is 2. The largest absolute Gasteiger partial charge is 0.337 e. The summed E-state index contributed by atoms with van der Waals surface area (Å²) in [4.78, 5) is 7.57. The topological polar surface area (TPSA) is 21.1 Å². The fraction of sp³-hybridized carbons (Fsp3) is 0.250. The second-order valence-corrected chi connectivity index (χ2v) is 6.44. The van der Waals surface area contributed by atoms with Gasteiger partial charge in [0.25, 0.3) is 0 Å². The molecule has 1 saturated heterocycles. The lowest BCUT2D eigenvalue weighted by molar-refractivity contribution is 0.626. The van der Waals surface area contributed by atoms with E-state index in [4.69, 9.17) is 4.98 Å². The number of anilines is 1. The van der Waals surface area contributed by atoms with E-state index in [0.717, 1.165) is 24.7 Å². The normalized spacial score (nSPS) is 19.0. The van der Waals surface area contributed by atoms with Gasteiger partial charge in [0.1, 0.15) is 0 Å². The first-order valence-corrected chi connectivity index (χ1v) is 8.40. The van der Waals surface area contributed by atoms with Gasteiger partial charge in [0.15, 0.2) is 0 Å². The van der Waals surface area contributed by atoms with Crippen LogP contribution in [0.2, 0.25) is 0 Å². The lowest BCUT2D eigenvalue weighted by Crippen LogP contribution is -2.25. The van der Waals surface area contributed by atoms with Crippen molar-refractivity contribution in [3.8, 4) is 22.5 Å². The van der Waals surface area contributed by atoms with Gasteiger partial charge in [-0.25, -0.2) is 4.98 Å². The van der Waals surface area contributed by atoms with E-state index in [0.29, 0.717) is 6.04 Å². The average molecular weight is 301 g/mol. The molecule has 0 unspecified atom stereocenters. The molecule has 0 amide bonds. The van der Waals surface area contributed by atoms with Crippen LogP contribution in [0, 0.1) is 0 Å². The van der Waals surface area contributed by atoms with E-state index in [9.17, 15) is 0 Å². The van der Waals surface area contributed by atoms with Gasteiger partial charge in [-0.2, -0.15) is 0 Å². The van der Waals surface area contributed by atoms with E-state index >= 15 is 0 Å². The molecule has 1 aromatic heterocycles. The van der Waals surface area contributed by atoms with Crippen molar-refractivity contribution in [3.05, 3.63) is 60.7 Å². The van der Waals surface area contributed by atoms with E-state index in [1.165, 1.54) is 29.7 Å². The summed E-state index contributed by atoms with van der Waals surface area (Å²) in [5, 5.41) is 0. The number of imidazole rings is 1. The Kier molecular flexibility index (Phi) is 2.80. The van der Waals surface area contributed by atoms with Gasteiger partial charge in [-0.15, -0.1) is 0 Å². The fourth-order valence-corrected chi connectivity index (χ4v) is 4.02. The van der Waals surface area contributed by atoms with Crippen LogP contribution in [-0.4, -0.2) is 22.1 Å². The lowest BCUT2D eigenvalue weighted by Gasteiger charge is -2.14. The number of hydrogen-bond donors (Lipinski definition) is 0. The van der Waals surface area contributed by atoms with Crippen molar-refractivity contribution in [1.29, 1.82) is 0 Å². The predicted octanol–water partition coefficient (Wildman–Crippen LogP) is 4.20. The first-order valence-electron chi connectivity index (χ1n) is 8.40. The summed E-state index contributed by atoms with van der Waals surface area (Å²) in [6.45, 7) is 2.21. The average Bonchev–Trinajstić information content (AvgIpc) is 3.27. The van der Waals surface area contributed by atoms with Crippen LogP contribution in [0.3, 0.4) is 0 Å². The van der Waals surface area contributed by atoms with Gasteiger partial charge in [-0.1, -0.05) is 60.7 Å². The third kappa shape index (κ3) is 1.93. The first kappa shape index (κ1) is 12.9. The molecule has 2 aliphatic heterocycles. The van der Waals surface area contributed by atoms with Gasteiger partial charge >= 0.3 is 0 Å². The van der Waals surface area contributed by atoms with Gasteiger partial charge < -0.3 is 9.47 Å². The van der Waals surface area contributed by atoms with E-state index in [1.54, 1.807) is 0 Å². The van der Waals surface area contributed by atoms with Crippen molar-refractivity contribution in [2.24, 2.45) is 0 Å². The third-order valence-electron chi connectivity index (χ3n) is 5.07. The smallest absolute Gasteiger partial charge is 0.206 e. The second-order valence-electron chi connectivity index (χ2n) is 6.44.